The van der Waals surface area contributed by atoms with Crippen molar-refractivity contribution in [2.24, 2.45) is 10.2 Å². The molecule has 1 radical (unpaired) electrons. The Bertz CT molecular complexity index is 2170. The molecule has 0 fully saturated rings. The number of aryl methyl sites for hydroxylation is 1. The number of amides is 1. The molecule has 5 aromatic carbocycles. The van der Waals surface area contributed by atoms with Crippen molar-refractivity contribution in [3.8, 4) is 17.2 Å². The normalized spacial score (nSPS) is 11.7. The number of azo groups is 1. The zero-order chi connectivity index (χ0) is 31.6. The maximum Gasteiger partial charge on any atom is 0.296 e. The Balaban J connectivity index is 0.00000461. The molecule has 0 aromatic heterocycles. The van der Waals surface area contributed by atoms with Gasteiger partial charge in [0, 0.05) is 40.5 Å². The third-order valence-corrected chi connectivity index (χ3v) is 8.12. The average Bonchev–Trinajstić information content (AvgIpc) is 2.97. The number of aromatic hydroxyl groups is 1. The minimum absolute atomic E-state index is 0. The number of anilines is 1. The average molecular weight is 657 g/mol. The van der Waals surface area contributed by atoms with E-state index >= 15 is 0 Å². The van der Waals surface area contributed by atoms with Gasteiger partial charge in [0.05, 0.1) is 10.6 Å². The van der Waals surface area contributed by atoms with Crippen LogP contribution in [-0.2, 0) is 20.2 Å². The number of hydrogen-bond donors (Lipinski definition) is 4. The third kappa shape index (κ3) is 7.57. The number of rotatable bonds is 8. The van der Waals surface area contributed by atoms with Gasteiger partial charge in [-0.25, -0.2) is 0 Å². The van der Waals surface area contributed by atoms with E-state index in [2.05, 4.69) is 15.5 Å². The quantitative estimate of drug-likeness (QED) is 0.0828. The summed E-state index contributed by atoms with van der Waals surface area (Å²) in [5, 5.41) is 21.3. The van der Waals surface area contributed by atoms with Gasteiger partial charge in [0.1, 0.15) is 22.0 Å². The van der Waals surface area contributed by atoms with E-state index in [1.807, 2.05) is 19.1 Å². The van der Waals surface area contributed by atoms with Crippen LogP contribution in [0.4, 0.5) is 17.1 Å². The van der Waals surface area contributed by atoms with E-state index in [0.29, 0.717) is 5.75 Å². The van der Waals surface area contributed by atoms with Crippen LogP contribution < -0.4 is 10.1 Å². The van der Waals surface area contributed by atoms with Crippen molar-refractivity contribution in [3.05, 3.63) is 108 Å². The minimum atomic E-state index is -5.09. The number of hydrogen-bond acceptors (Lipinski definition) is 9. The summed E-state index contributed by atoms with van der Waals surface area (Å²) >= 11 is 0. The molecule has 0 bridgehead atoms. The van der Waals surface area contributed by atoms with Crippen molar-refractivity contribution in [2.45, 2.75) is 16.7 Å². The number of carbonyl (C=O) groups is 1. The van der Waals surface area contributed by atoms with Gasteiger partial charge in [0.25, 0.3) is 26.1 Å². The number of benzene rings is 5. The van der Waals surface area contributed by atoms with Gasteiger partial charge in [-0.05, 0) is 66.4 Å². The van der Waals surface area contributed by atoms with E-state index in [9.17, 15) is 35.8 Å². The van der Waals surface area contributed by atoms with Crippen molar-refractivity contribution in [1.82, 2.24) is 0 Å². The molecule has 225 valence electrons. The standard InChI is InChI=1S/C30H23N3O9S2.Na/c1-18-9-5-7-13-24(18)42-25-14-8-6-12-22(25)32-33-28-26(44(39,40)41)16-20-15-21(43(36,37)38)17-23(27(20)29(28)34)31-30(35)19-10-3-2-4-11-19;/h2-17,34H,1H3,(H,31,35)(H,36,37,38)(H,39,40,41);. The summed E-state index contributed by atoms with van der Waals surface area (Å²) in [4.78, 5) is 11.3. The van der Waals surface area contributed by atoms with Crippen LogP contribution in [0.3, 0.4) is 0 Å². The van der Waals surface area contributed by atoms with Crippen molar-refractivity contribution in [1.29, 1.82) is 0 Å². The van der Waals surface area contributed by atoms with Crippen LogP contribution in [0.15, 0.2) is 117 Å². The molecule has 45 heavy (non-hydrogen) atoms. The molecular formula is C30H23N3NaO9S2. The fourth-order valence-corrected chi connectivity index (χ4v) is 5.50. The molecule has 0 heterocycles. The van der Waals surface area contributed by atoms with Crippen molar-refractivity contribution in [3.63, 3.8) is 0 Å². The van der Waals surface area contributed by atoms with Crippen LogP contribution in [0.5, 0.6) is 17.2 Å². The number of phenolic OH excluding ortho intramolecular Hbond substituents is 1. The van der Waals surface area contributed by atoms with Gasteiger partial charge in [0.15, 0.2) is 11.5 Å². The number of nitrogens with zero attached hydrogens (tertiary/aromatic N) is 2. The minimum Gasteiger partial charge on any atom is -0.505 e. The van der Waals surface area contributed by atoms with Crippen LogP contribution in [0.2, 0.25) is 0 Å². The summed E-state index contributed by atoms with van der Waals surface area (Å²) in [6.45, 7) is 1.84. The van der Waals surface area contributed by atoms with Crippen LogP contribution in [0, 0.1) is 6.92 Å². The molecule has 0 unspecified atom stereocenters. The molecule has 1 amide bonds. The maximum atomic E-state index is 13.0. The van der Waals surface area contributed by atoms with Crippen molar-refractivity contribution < 1.29 is 40.6 Å². The number of nitrogens with one attached hydrogen (secondary N) is 1. The zero-order valence-corrected chi connectivity index (χ0v) is 27.4. The van der Waals surface area contributed by atoms with Gasteiger partial charge in [-0.2, -0.15) is 16.8 Å². The number of carbonyl (C=O) groups excluding carboxylic acids is 1. The third-order valence-electron chi connectivity index (χ3n) is 6.42. The molecule has 0 atom stereocenters. The van der Waals surface area contributed by atoms with E-state index in [0.717, 1.165) is 23.8 Å². The predicted octanol–water partition coefficient (Wildman–Crippen LogP) is 6.43. The zero-order valence-electron chi connectivity index (χ0n) is 23.7. The van der Waals surface area contributed by atoms with E-state index in [-0.39, 0.29) is 63.0 Å². The van der Waals surface area contributed by atoms with Crippen LogP contribution >= 0.6 is 0 Å². The Morgan fingerprint density at radius 2 is 1.40 bits per heavy atom. The summed E-state index contributed by atoms with van der Waals surface area (Å²) < 4.78 is 74.6. The summed E-state index contributed by atoms with van der Waals surface area (Å²) in [5.41, 5.74) is 0.131. The molecule has 4 N–H and O–H groups in total. The van der Waals surface area contributed by atoms with Crippen molar-refractivity contribution in [2.75, 3.05) is 5.32 Å². The molecule has 15 heteroatoms. The van der Waals surface area contributed by atoms with Gasteiger partial charge >= 0.3 is 0 Å². The SMILES string of the molecule is Cc1ccccc1Oc1ccccc1N=Nc1c(S(=O)(=O)O)cc2cc(S(=O)(=O)O)cc(NC(=O)c3ccccc3)c2c1O.[Na]. The Morgan fingerprint density at radius 3 is 2.04 bits per heavy atom. The largest absolute Gasteiger partial charge is 0.505 e. The Labute approximate surface area is 280 Å². The van der Waals surface area contributed by atoms with Gasteiger partial charge in [-0.1, -0.05) is 48.5 Å². The van der Waals surface area contributed by atoms with E-state index in [1.54, 1.807) is 48.5 Å². The Hall–Kier alpha value is -4.15. The molecule has 0 aliphatic heterocycles. The predicted molar refractivity (Wildman–Crippen MR) is 167 cm³/mol. The number of fused-ring (bicyclic) bond motifs is 1. The summed E-state index contributed by atoms with van der Waals surface area (Å²) in [6.07, 6.45) is 0. The second-order valence-corrected chi connectivity index (χ2v) is 12.3. The van der Waals surface area contributed by atoms with Crippen molar-refractivity contribution >= 4 is 83.5 Å². The second kappa shape index (κ2) is 13.5. The Morgan fingerprint density at radius 1 is 0.778 bits per heavy atom. The molecule has 5 aromatic rings. The maximum absolute atomic E-state index is 13.0. The first kappa shape index (κ1) is 33.7. The van der Waals surface area contributed by atoms with E-state index < -0.39 is 47.4 Å². The first-order chi connectivity index (χ1) is 20.8. The first-order valence-corrected chi connectivity index (χ1v) is 15.6. The monoisotopic (exact) mass is 656 g/mol. The Kier molecular flexibility index (Phi) is 10.1. The van der Waals surface area contributed by atoms with Crippen LogP contribution in [0.25, 0.3) is 10.8 Å². The van der Waals surface area contributed by atoms with E-state index in [1.165, 1.54) is 18.2 Å². The molecule has 0 spiro atoms. The number of para-hydroxylation sites is 2. The smallest absolute Gasteiger partial charge is 0.296 e. The van der Waals surface area contributed by atoms with Gasteiger partial charge < -0.3 is 15.2 Å². The first-order valence-electron chi connectivity index (χ1n) is 12.7. The summed E-state index contributed by atoms with van der Waals surface area (Å²) in [5.74, 6) is -0.798. The van der Waals surface area contributed by atoms with Crippen LogP contribution in [-0.4, -0.2) is 66.5 Å². The molecular weight excluding hydrogens is 633 g/mol. The second-order valence-electron chi connectivity index (χ2n) is 9.45. The molecule has 0 saturated heterocycles. The summed E-state index contributed by atoms with van der Waals surface area (Å²) in [6, 6.07) is 24.0. The van der Waals surface area contributed by atoms with E-state index in [4.69, 9.17) is 4.74 Å². The molecule has 0 aliphatic rings. The van der Waals surface area contributed by atoms with Gasteiger partial charge in [0.2, 0.25) is 0 Å². The van der Waals surface area contributed by atoms with Crippen LogP contribution in [0.1, 0.15) is 15.9 Å². The molecule has 12 nitrogen and oxygen atoms in total. The molecule has 5 rings (SSSR count). The van der Waals surface area contributed by atoms with Gasteiger partial charge in [-0.15, -0.1) is 10.2 Å². The fraction of sp³-hybridized carbons (Fsp3) is 0.0333. The molecule has 0 saturated carbocycles. The fourth-order valence-electron chi connectivity index (χ4n) is 4.30. The topological polar surface area (TPSA) is 192 Å². The number of ether oxygens (including phenoxy) is 1. The molecule has 0 aliphatic carbocycles. The summed E-state index contributed by atoms with van der Waals surface area (Å²) in [7, 11) is -9.96. The van der Waals surface area contributed by atoms with Gasteiger partial charge in [-0.3, -0.25) is 13.9 Å². The number of phenols is 1.